The van der Waals surface area contributed by atoms with Gasteiger partial charge in [0.2, 0.25) is 0 Å². The van der Waals surface area contributed by atoms with Gasteiger partial charge in [-0.25, -0.2) is 14.6 Å². The Morgan fingerprint density at radius 2 is 2.00 bits per heavy atom. The SMILES string of the molecule is Cc1nc(-c2ccc(CNC(=O)c3cc(C4CC4)nc4c3cnn4C(C)C)cc2)cs1. The zero-order valence-electron chi connectivity index (χ0n) is 17.9. The third-order valence-corrected chi connectivity index (χ3v) is 6.41. The molecule has 1 N–H and O–H groups in total. The van der Waals surface area contributed by atoms with Crippen LogP contribution in [0.1, 0.15) is 65.3 Å². The Morgan fingerprint density at radius 3 is 2.65 bits per heavy atom. The van der Waals surface area contributed by atoms with Crippen molar-refractivity contribution in [1.82, 2.24) is 25.1 Å². The number of pyridine rings is 1. The molecule has 1 saturated carbocycles. The first-order chi connectivity index (χ1) is 15.0. The molecule has 4 aromatic rings. The lowest BCUT2D eigenvalue weighted by Gasteiger charge is -2.11. The molecule has 1 aliphatic carbocycles. The highest BCUT2D eigenvalue weighted by molar-refractivity contribution is 7.09. The van der Waals surface area contributed by atoms with E-state index in [1.165, 1.54) is 0 Å². The molecule has 0 aliphatic heterocycles. The number of hydrogen-bond acceptors (Lipinski definition) is 5. The summed E-state index contributed by atoms with van der Waals surface area (Å²) in [7, 11) is 0. The molecule has 3 heterocycles. The van der Waals surface area contributed by atoms with E-state index in [0.29, 0.717) is 18.0 Å². The van der Waals surface area contributed by atoms with Crippen LogP contribution in [-0.2, 0) is 6.54 Å². The molecule has 0 saturated heterocycles. The van der Waals surface area contributed by atoms with Crippen molar-refractivity contribution in [2.45, 2.75) is 52.1 Å². The number of nitrogens with one attached hydrogen (secondary N) is 1. The number of hydrogen-bond donors (Lipinski definition) is 1. The molecular formula is C24H25N5OS. The molecule has 31 heavy (non-hydrogen) atoms. The standard InChI is InChI=1S/C24H25N5OS/c1-14(2)29-23-20(12-26-29)19(10-21(28-23)17-8-9-17)24(30)25-11-16-4-6-18(7-5-16)22-13-31-15(3)27-22/h4-7,10,12-14,17H,8-9,11H2,1-3H3,(H,25,30). The lowest BCUT2D eigenvalue weighted by Crippen LogP contribution is -2.23. The number of amides is 1. The molecule has 1 aliphatic rings. The highest BCUT2D eigenvalue weighted by Gasteiger charge is 2.28. The van der Waals surface area contributed by atoms with Crippen LogP contribution >= 0.6 is 11.3 Å². The second kappa shape index (κ2) is 7.89. The Hall–Kier alpha value is -3.06. The van der Waals surface area contributed by atoms with Gasteiger partial charge in [-0.05, 0) is 45.2 Å². The molecule has 5 rings (SSSR count). The summed E-state index contributed by atoms with van der Waals surface area (Å²) in [6.45, 7) is 6.63. The van der Waals surface area contributed by atoms with Gasteiger partial charge in [0.25, 0.3) is 5.91 Å². The number of carbonyl (C=O) groups excluding carboxylic acids is 1. The topological polar surface area (TPSA) is 72.7 Å². The molecule has 1 aromatic carbocycles. The minimum absolute atomic E-state index is 0.0863. The molecule has 0 spiro atoms. The maximum Gasteiger partial charge on any atom is 0.252 e. The van der Waals surface area contributed by atoms with Gasteiger partial charge < -0.3 is 5.32 Å². The fourth-order valence-corrected chi connectivity index (χ4v) is 4.38. The van der Waals surface area contributed by atoms with Gasteiger partial charge >= 0.3 is 0 Å². The van der Waals surface area contributed by atoms with Crippen molar-refractivity contribution in [2.24, 2.45) is 0 Å². The number of fused-ring (bicyclic) bond motifs is 1. The monoisotopic (exact) mass is 431 g/mol. The van der Waals surface area contributed by atoms with Crippen LogP contribution in [0.4, 0.5) is 0 Å². The van der Waals surface area contributed by atoms with E-state index in [4.69, 9.17) is 4.98 Å². The predicted molar refractivity (Wildman–Crippen MR) is 123 cm³/mol. The first kappa shape index (κ1) is 19.9. The van der Waals surface area contributed by atoms with Gasteiger partial charge in [0.05, 0.1) is 27.8 Å². The molecule has 158 valence electrons. The Balaban J connectivity index is 1.36. The van der Waals surface area contributed by atoms with Crippen LogP contribution in [0.25, 0.3) is 22.3 Å². The highest BCUT2D eigenvalue weighted by atomic mass is 32.1. The Morgan fingerprint density at radius 1 is 1.23 bits per heavy atom. The van der Waals surface area contributed by atoms with Crippen LogP contribution in [0, 0.1) is 6.92 Å². The number of nitrogens with zero attached hydrogens (tertiary/aromatic N) is 4. The van der Waals surface area contributed by atoms with Crippen LogP contribution in [0.5, 0.6) is 0 Å². The summed E-state index contributed by atoms with van der Waals surface area (Å²) < 4.78 is 1.90. The molecule has 0 atom stereocenters. The van der Waals surface area contributed by atoms with E-state index in [9.17, 15) is 4.79 Å². The first-order valence-electron chi connectivity index (χ1n) is 10.7. The summed E-state index contributed by atoms with van der Waals surface area (Å²) in [5, 5.41) is 11.5. The van der Waals surface area contributed by atoms with Crippen molar-refractivity contribution >= 4 is 28.3 Å². The number of benzene rings is 1. The number of aromatic nitrogens is 4. The van der Waals surface area contributed by atoms with Gasteiger partial charge in [-0.1, -0.05) is 24.3 Å². The van der Waals surface area contributed by atoms with Crippen molar-refractivity contribution < 1.29 is 4.79 Å². The van der Waals surface area contributed by atoms with Crippen LogP contribution in [-0.4, -0.2) is 25.7 Å². The van der Waals surface area contributed by atoms with Gasteiger partial charge in [-0.2, -0.15) is 5.10 Å². The summed E-state index contributed by atoms with van der Waals surface area (Å²) >= 11 is 1.65. The van der Waals surface area contributed by atoms with Crippen molar-refractivity contribution in [3.05, 3.63) is 63.7 Å². The van der Waals surface area contributed by atoms with E-state index in [1.54, 1.807) is 17.5 Å². The summed E-state index contributed by atoms with van der Waals surface area (Å²) in [6.07, 6.45) is 4.04. The lowest BCUT2D eigenvalue weighted by atomic mass is 10.1. The van der Waals surface area contributed by atoms with Gasteiger partial charge in [0.1, 0.15) is 0 Å². The lowest BCUT2D eigenvalue weighted by molar-refractivity contribution is 0.0952. The minimum Gasteiger partial charge on any atom is -0.348 e. The normalized spacial score (nSPS) is 13.8. The van der Waals surface area contributed by atoms with Gasteiger partial charge in [0, 0.05) is 35.1 Å². The van der Waals surface area contributed by atoms with Gasteiger partial charge in [-0.15, -0.1) is 11.3 Å². The number of rotatable bonds is 6. The molecule has 0 radical (unpaired) electrons. The van der Waals surface area contributed by atoms with Crippen LogP contribution in [0.15, 0.2) is 41.9 Å². The Labute approximate surface area is 185 Å². The molecule has 1 fully saturated rings. The minimum atomic E-state index is -0.0863. The molecule has 1 amide bonds. The molecule has 3 aromatic heterocycles. The number of thiazole rings is 1. The van der Waals surface area contributed by atoms with Crippen molar-refractivity contribution in [3.8, 4) is 11.3 Å². The Kier molecular flexibility index (Phi) is 5.06. The summed E-state index contributed by atoms with van der Waals surface area (Å²) in [6, 6.07) is 10.3. The van der Waals surface area contributed by atoms with E-state index >= 15 is 0 Å². The van der Waals surface area contributed by atoms with E-state index in [2.05, 4.69) is 46.8 Å². The molecule has 6 nitrogen and oxygen atoms in total. The second-order valence-corrected chi connectivity index (χ2v) is 9.48. The highest BCUT2D eigenvalue weighted by Crippen LogP contribution is 2.40. The van der Waals surface area contributed by atoms with E-state index in [0.717, 1.165) is 51.4 Å². The quantitative estimate of drug-likeness (QED) is 0.452. The van der Waals surface area contributed by atoms with Crippen molar-refractivity contribution in [1.29, 1.82) is 0 Å². The Bertz CT molecular complexity index is 1250. The van der Waals surface area contributed by atoms with Crippen LogP contribution in [0.3, 0.4) is 0 Å². The maximum atomic E-state index is 13.1. The fraction of sp³-hybridized carbons (Fsp3) is 0.333. The predicted octanol–water partition coefficient (Wildman–Crippen LogP) is 5.25. The van der Waals surface area contributed by atoms with Crippen LogP contribution < -0.4 is 5.32 Å². The third kappa shape index (κ3) is 3.97. The van der Waals surface area contributed by atoms with Crippen LogP contribution in [0.2, 0.25) is 0 Å². The van der Waals surface area contributed by atoms with E-state index in [-0.39, 0.29) is 11.9 Å². The maximum absolute atomic E-state index is 13.1. The molecule has 0 unspecified atom stereocenters. The average Bonchev–Trinajstić information content (AvgIpc) is 3.38. The van der Waals surface area contributed by atoms with Gasteiger partial charge in [-0.3, -0.25) is 4.79 Å². The van der Waals surface area contributed by atoms with Crippen molar-refractivity contribution in [3.63, 3.8) is 0 Å². The number of aryl methyl sites for hydroxylation is 1. The molecule has 7 heteroatoms. The van der Waals surface area contributed by atoms with E-state index in [1.807, 2.05) is 29.8 Å². The summed E-state index contributed by atoms with van der Waals surface area (Å²) in [4.78, 5) is 22.5. The molecular weight excluding hydrogens is 406 g/mol. The van der Waals surface area contributed by atoms with Gasteiger partial charge in [0.15, 0.2) is 5.65 Å². The van der Waals surface area contributed by atoms with Crippen molar-refractivity contribution in [2.75, 3.05) is 0 Å². The zero-order chi connectivity index (χ0) is 21.5. The smallest absolute Gasteiger partial charge is 0.252 e. The first-order valence-corrected chi connectivity index (χ1v) is 11.6. The van der Waals surface area contributed by atoms with E-state index < -0.39 is 0 Å². The third-order valence-electron chi connectivity index (χ3n) is 5.64. The fourth-order valence-electron chi connectivity index (χ4n) is 3.76. The second-order valence-electron chi connectivity index (χ2n) is 8.42. The summed E-state index contributed by atoms with van der Waals surface area (Å²) in [5.41, 5.74) is 5.59. The number of carbonyl (C=O) groups is 1. The molecule has 0 bridgehead atoms. The average molecular weight is 432 g/mol. The zero-order valence-corrected chi connectivity index (χ0v) is 18.7. The largest absolute Gasteiger partial charge is 0.348 e. The summed E-state index contributed by atoms with van der Waals surface area (Å²) in [5.74, 6) is 0.380.